The van der Waals surface area contributed by atoms with Crippen molar-refractivity contribution in [3.63, 3.8) is 0 Å². The average Bonchev–Trinajstić information content (AvgIpc) is 2.16. The van der Waals surface area contributed by atoms with Crippen molar-refractivity contribution in [1.82, 2.24) is 0 Å². The molecule has 0 fully saturated rings. The Morgan fingerprint density at radius 3 is 1.79 bits per heavy atom. The zero-order valence-electron chi connectivity index (χ0n) is 7.23. The van der Waals surface area contributed by atoms with Crippen LogP contribution in [0.25, 0.3) is 6.08 Å². The smallest absolute Gasteiger partial charge is 0.335 e. The molecule has 72 valence electrons. The van der Waals surface area contributed by atoms with Crippen LogP contribution in [0.4, 0.5) is 0 Å². The lowest BCUT2D eigenvalue weighted by Gasteiger charge is -2.00. The van der Waals surface area contributed by atoms with E-state index in [0.717, 1.165) is 6.07 Å². The van der Waals surface area contributed by atoms with Crippen molar-refractivity contribution in [2.24, 2.45) is 0 Å². The Bertz CT molecular complexity index is 374. The normalized spacial score (nSPS) is 9.43. The molecule has 0 amide bonds. The molecule has 0 saturated heterocycles. The molecule has 1 rings (SSSR count). The predicted octanol–water partition coefficient (Wildman–Crippen LogP) is 1.73. The van der Waals surface area contributed by atoms with Gasteiger partial charge < -0.3 is 10.2 Å². The van der Waals surface area contributed by atoms with Crippen LogP contribution in [0.3, 0.4) is 0 Å². The van der Waals surface area contributed by atoms with E-state index in [0.29, 0.717) is 5.56 Å². The topological polar surface area (TPSA) is 74.6 Å². The first kappa shape index (κ1) is 9.98. The summed E-state index contributed by atoms with van der Waals surface area (Å²) in [6.45, 7) is 3.45. The summed E-state index contributed by atoms with van der Waals surface area (Å²) in [5, 5.41) is 17.4. The van der Waals surface area contributed by atoms with Crippen LogP contribution in [-0.2, 0) is 0 Å². The highest BCUT2D eigenvalue weighted by Gasteiger charge is 2.09. The SMILES string of the molecule is C=Cc1cc(C(=O)O)cc(C(=O)O)c1. The highest BCUT2D eigenvalue weighted by atomic mass is 16.4. The van der Waals surface area contributed by atoms with E-state index in [9.17, 15) is 9.59 Å². The predicted molar refractivity (Wildman–Crippen MR) is 50.5 cm³/mol. The van der Waals surface area contributed by atoms with E-state index < -0.39 is 11.9 Å². The van der Waals surface area contributed by atoms with E-state index in [-0.39, 0.29) is 11.1 Å². The third-order valence-corrected chi connectivity index (χ3v) is 1.68. The van der Waals surface area contributed by atoms with Gasteiger partial charge in [0.2, 0.25) is 0 Å². The molecule has 14 heavy (non-hydrogen) atoms. The fraction of sp³-hybridized carbons (Fsp3) is 0. The van der Waals surface area contributed by atoms with Gasteiger partial charge >= 0.3 is 11.9 Å². The molecular formula is C10H8O4. The van der Waals surface area contributed by atoms with Crippen LogP contribution >= 0.6 is 0 Å². The largest absolute Gasteiger partial charge is 0.478 e. The van der Waals surface area contributed by atoms with Crippen molar-refractivity contribution in [1.29, 1.82) is 0 Å². The summed E-state index contributed by atoms with van der Waals surface area (Å²) in [7, 11) is 0. The van der Waals surface area contributed by atoms with Crippen LogP contribution in [0.15, 0.2) is 24.8 Å². The first-order valence-corrected chi connectivity index (χ1v) is 3.78. The van der Waals surface area contributed by atoms with Gasteiger partial charge in [-0.05, 0) is 23.8 Å². The Balaban J connectivity index is 3.34. The molecule has 1 aromatic rings. The summed E-state index contributed by atoms with van der Waals surface area (Å²) in [6.07, 6.45) is 1.40. The Morgan fingerprint density at radius 2 is 1.50 bits per heavy atom. The lowest BCUT2D eigenvalue weighted by Crippen LogP contribution is -2.02. The van der Waals surface area contributed by atoms with Gasteiger partial charge in [-0.25, -0.2) is 9.59 Å². The summed E-state index contributed by atoms with van der Waals surface area (Å²) in [6, 6.07) is 3.83. The molecule has 2 N–H and O–H groups in total. The maximum absolute atomic E-state index is 10.6. The zero-order valence-corrected chi connectivity index (χ0v) is 7.23. The van der Waals surface area contributed by atoms with Gasteiger partial charge in [-0.15, -0.1) is 0 Å². The summed E-state index contributed by atoms with van der Waals surface area (Å²) < 4.78 is 0. The first-order valence-electron chi connectivity index (χ1n) is 3.78. The van der Waals surface area contributed by atoms with E-state index in [1.807, 2.05) is 0 Å². The second-order valence-corrected chi connectivity index (χ2v) is 2.66. The maximum Gasteiger partial charge on any atom is 0.335 e. The van der Waals surface area contributed by atoms with Crippen molar-refractivity contribution < 1.29 is 19.8 Å². The van der Waals surface area contributed by atoms with Gasteiger partial charge in [0.15, 0.2) is 0 Å². The van der Waals surface area contributed by atoms with Crippen LogP contribution in [0.5, 0.6) is 0 Å². The molecule has 0 heterocycles. The molecule has 0 unspecified atom stereocenters. The molecule has 4 heteroatoms. The van der Waals surface area contributed by atoms with Crippen molar-refractivity contribution in [3.8, 4) is 0 Å². The number of aromatic carboxylic acids is 2. The second-order valence-electron chi connectivity index (χ2n) is 2.66. The molecule has 0 bridgehead atoms. The van der Waals surface area contributed by atoms with Gasteiger partial charge in [0.05, 0.1) is 11.1 Å². The minimum atomic E-state index is -1.16. The number of carboxylic acid groups (broad SMARTS) is 2. The van der Waals surface area contributed by atoms with E-state index in [1.165, 1.54) is 18.2 Å². The number of hydrogen-bond donors (Lipinski definition) is 2. The van der Waals surface area contributed by atoms with Gasteiger partial charge in [0, 0.05) is 0 Å². The number of benzene rings is 1. The van der Waals surface area contributed by atoms with Gasteiger partial charge in [0.1, 0.15) is 0 Å². The van der Waals surface area contributed by atoms with E-state index >= 15 is 0 Å². The molecule has 0 aromatic heterocycles. The number of carbonyl (C=O) groups is 2. The first-order chi connectivity index (χ1) is 6.54. The van der Waals surface area contributed by atoms with Crippen LogP contribution in [0, 0.1) is 0 Å². The highest BCUT2D eigenvalue weighted by Crippen LogP contribution is 2.11. The lowest BCUT2D eigenvalue weighted by atomic mass is 10.1. The van der Waals surface area contributed by atoms with Crippen molar-refractivity contribution >= 4 is 18.0 Å². The Morgan fingerprint density at radius 1 is 1.07 bits per heavy atom. The summed E-state index contributed by atoms with van der Waals surface area (Å²) >= 11 is 0. The Hall–Kier alpha value is -2.10. The highest BCUT2D eigenvalue weighted by molar-refractivity contribution is 5.94. The Labute approximate surface area is 80.1 Å². The molecule has 1 aromatic carbocycles. The minimum Gasteiger partial charge on any atom is -0.478 e. The minimum absolute atomic E-state index is 0.0557. The van der Waals surface area contributed by atoms with E-state index in [1.54, 1.807) is 0 Å². The fourth-order valence-corrected chi connectivity index (χ4v) is 1.02. The molecule has 4 nitrogen and oxygen atoms in total. The van der Waals surface area contributed by atoms with Crippen molar-refractivity contribution in [3.05, 3.63) is 41.5 Å². The lowest BCUT2D eigenvalue weighted by molar-refractivity contribution is 0.0696. The number of rotatable bonds is 3. The van der Waals surface area contributed by atoms with Crippen molar-refractivity contribution in [2.45, 2.75) is 0 Å². The quantitative estimate of drug-likeness (QED) is 0.764. The molecule has 0 aliphatic rings. The Kier molecular flexibility index (Phi) is 2.67. The van der Waals surface area contributed by atoms with E-state index in [4.69, 9.17) is 10.2 Å². The van der Waals surface area contributed by atoms with Crippen molar-refractivity contribution in [2.75, 3.05) is 0 Å². The third-order valence-electron chi connectivity index (χ3n) is 1.68. The van der Waals surface area contributed by atoms with Crippen LogP contribution in [-0.4, -0.2) is 22.2 Å². The van der Waals surface area contributed by atoms with Gasteiger partial charge in [-0.1, -0.05) is 12.7 Å². The standard InChI is InChI=1S/C10H8O4/c1-2-6-3-7(9(11)12)5-8(4-6)10(13)14/h2-5H,1H2,(H,11,12)(H,13,14). The fourth-order valence-electron chi connectivity index (χ4n) is 1.02. The monoisotopic (exact) mass is 192 g/mol. The van der Waals surface area contributed by atoms with Gasteiger partial charge in [-0.3, -0.25) is 0 Å². The summed E-state index contributed by atoms with van der Waals surface area (Å²) in [5.41, 5.74) is 0.363. The second kappa shape index (κ2) is 3.74. The zero-order chi connectivity index (χ0) is 10.7. The third kappa shape index (κ3) is 1.98. The summed E-state index contributed by atoms with van der Waals surface area (Å²) in [4.78, 5) is 21.2. The van der Waals surface area contributed by atoms with Crippen LogP contribution in [0.2, 0.25) is 0 Å². The molecule has 0 atom stereocenters. The molecular weight excluding hydrogens is 184 g/mol. The molecule has 0 aliphatic carbocycles. The molecule has 0 spiro atoms. The van der Waals surface area contributed by atoms with Gasteiger partial charge in [-0.2, -0.15) is 0 Å². The molecule has 0 radical (unpaired) electrons. The van der Waals surface area contributed by atoms with Gasteiger partial charge in [0.25, 0.3) is 0 Å². The summed E-state index contributed by atoms with van der Waals surface area (Å²) in [5.74, 6) is -2.31. The van der Waals surface area contributed by atoms with E-state index in [2.05, 4.69) is 6.58 Å². The number of hydrogen-bond acceptors (Lipinski definition) is 2. The maximum atomic E-state index is 10.6. The van der Waals surface area contributed by atoms with Crippen LogP contribution in [0.1, 0.15) is 26.3 Å². The number of carboxylic acids is 2. The van der Waals surface area contributed by atoms with Crippen LogP contribution < -0.4 is 0 Å². The molecule has 0 aliphatic heterocycles. The average molecular weight is 192 g/mol. The molecule has 0 saturated carbocycles.